The molecule has 0 spiro atoms. The predicted octanol–water partition coefficient (Wildman–Crippen LogP) is 3.98. The molecule has 6 heteroatoms. The topological polar surface area (TPSA) is 29.5 Å². The van der Waals surface area contributed by atoms with Crippen LogP contribution in [-0.2, 0) is 70.1 Å². The van der Waals surface area contributed by atoms with E-state index in [0.717, 1.165) is 0 Å². The summed E-state index contributed by atoms with van der Waals surface area (Å²) in [6.45, 7) is 14.4. The van der Waals surface area contributed by atoms with E-state index < -0.39 is 6.49 Å². The van der Waals surface area contributed by atoms with E-state index in [1.54, 1.807) is 0 Å². The number of rotatable bonds is 1. The molecular weight excluding hydrogens is 488 g/mol. The van der Waals surface area contributed by atoms with E-state index in [0.29, 0.717) is 5.92 Å². The average molecular weight is 511 g/mol. The quantitative estimate of drug-likeness (QED) is 0.427. The molecule has 1 radical (unpaired) electrons. The second-order valence-electron chi connectivity index (χ2n) is 3.66. The number of hydrogen-bond donors (Lipinski definition) is 1. The Bertz CT molecular complexity index is 140. The van der Waals surface area contributed by atoms with E-state index >= 15 is 0 Å². The zero-order valence-corrected chi connectivity index (χ0v) is 18.4. The van der Waals surface area contributed by atoms with Crippen LogP contribution in [0, 0.1) is 32.5 Å². The minimum absolute atomic E-state index is 0. The summed E-state index contributed by atoms with van der Waals surface area (Å²) >= 11 is 4.26. The Balaban J connectivity index is -0.0000000367. The summed E-state index contributed by atoms with van der Waals surface area (Å²) in [5.74, 6) is 2.00. The van der Waals surface area contributed by atoms with Crippen LogP contribution >= 0.6 is 6.49 Å². The van der Waals surface area contributed by atoms with Crippen LogP contribution in [0.5, 0.6) is 0 Å². The fraction of sp³-hybridized carbons (Fsp3) is 0.600. The molecular formula is C10H23O2PSWY-2. The third-order valence-corrected chi connectivity index (χ3v) is 0.921. The first-order valence-electron chi connectivity index (χ1n) is 4.23. The fourth-order valence-corrected chi connectivity index (χ4v) is 0. The van der Waals surface area contributed by atoms with Gasteiger partial charge < -0.3 is 22.3 Å². The maximum atomic E-state index is 8.36. The summed E-state index contributed by atoms with van der Waals surface area (Å²) in [6, 6.07) is 0. The van der Waals surface area contributed by atoms with Gasteiger partial charge in [-0.2, -0.15) is 26.7 Å². The van der Waals surface area contributed by atoms with Crippen molar-refractivity contribution in [2.75, 3.05) is 0 Å². The molecule has 0 aromatic carbocycles. The molecule has 0 aliphatic heterocycles. The Morgan fingerprint density at radius 1 is 1.31 bits per heavy atom. The van der Waals surface area contributed by atoms with Gasteiger partial charge in [0.1, 0.15) is 0 Å². The molecule has 0 aliphatic rings. The van der Waals surface area contributed by atoms with Gasteiger partial charge in [0.05, 0.1) is 0 Å². The Morgan fingerprint density at radius 2 is 1.38 bits per heavy atom. The van der Waals surface area contributed by atoms with Gasteiger partial charge in [0.25, 0.3) is 0 Å². The first-order chi connectivity index (χ1) is 6.02. The SMILES string of the molecule is C[C-](C)C.[CH2-]C(C)C.[CH2-]OP([CH2-])(O)=S.[W+2].[Y]. The van der Waals surface area contributed by atoms with Gasteiger partial charge in [0, 0.05) is 39.2 Å². The third-order valence-electron chi connectivity index (χ3n) is 0.202. The Kier molecular flexibility index (Phi) is 38.2. The summed E-state index contributed by atoms with van der Waals surface area (Å²) in [5, 5.41) is 0. The van der Waals surface area contributed by atoms with Crippen LogP contribution in [0.15, 0.2) is 0 Å². The van der Waals surface area contributed by atoms with Crippen molar-refractivity contribution in [2.45, 2.75) is 34.6 Å². The van der Waals surface area contributed by atoms with E-state index in [-0.39, 0.29) is 53.8 Å². The molecule has 0 rings (SSSR count). The van der Waals surface area contributed by atoms with Crippen LogP contribution in [0.25, 0.3) is 0 Å². The molecule has 16 heavy (non-hydrogen) atoms. The van der Waals surface area contributed by atoms with E-state index in [2.05, 4.69) is 71.6 Å². The van der Waals surface area contributed by atoms with Crippen LogP contribution < -0.4 is 0 Å². The van der Waals surface area contributed by atoms with Crippen molar-refractivity contribution in [3.05, 3.63) is 26.6 Å². The Labute approximate surface area is 147 Å². The van der Waals surface area contributed by atoms with E-state index in [9.17, 15) is 0 Å². The molecule has 1 N–H and O–H groups in total. The first-order valence-corrected chi connectivity index (χ1v) is 7.09. The van der Waals surface area contributed by atoms with Crippen LogP contribution in [0.3, 0.4) is 0 Å². The van der Waals surface area contributed by atoms with Gasteiger partial charge in [0.15, 0.2) is 0 Å². The predicted molar refractivity (Wildman–Crippen MR) is 68.8 cm³/mol. The Hall–Kier alpha value is 2.36. The minimum atomic E-state index is -2.67. The van der Waals surface area contributed by atoms with E-state index in [4.69, 9.17) is 4.89 Å². The summed E-state index contributed by atoms with van der Waals surface area (Å²) in [5.41, 5.74) is 0. The summed E-state index contributed by atoms with van der Waals surface area (Å²) in [4.78, 5) is 8.36. The van der Waals surface area contributed by atoms with Gasteiger partial charge in [0.2, 0.25) is 0 Å². The average Bonchev–Trinajstić information content (AvgIpc) is 1.83. The van der Waals surface area contributed by atoms with Crippen molar-refractivity contribution in [3.63, 3.8) is 0 Å². The zero-order chi connectivity index (χ0) is 12.4. The van der Waals surface area contributed by atoms with Gasteiger partial charge in [-0.05, 0) is 0 Å². The summed E-state index contributed by atoms with van der Waals surface area (Å²) < 4.78 is 4.06. The standard InChI is InChI=1S/2C4H9.C2H5O2PS.W.Y/c2*1-4(2)3;1-4-5(2,3)6;;/h1-3H3;4H,1H2,2-3H3;1-2H2,(H,3,6);;/q2*-1;-2;+2;. The molecule has 0 saturated heterocycles. The summed E-state index contributed by atoms with van der Waals surface area (Å²) in [7, 11) is 2.89. The minimum Gasteiger partial charge on any atom is -0.532 e. The molecule has 0 saturated carbocycles. The maximum absolute atomic E-state index is 8.36. The maximum Gasteiger partial charge on any atom is 2.00 e. The molecule has 0 fully saturated rings. The van der Waals surface area contributed by atoms with Gasteiger partial charge >= 0.3 is 21.1 Å². The Morgan fingerprint density at radius 3 is 1.38 bits per heavy atom. The molecule has 0 heterocycles. The molecule has 1 unspecified atom stereocenters. The smallest absolute Gasteiger partial charge is 0.532 e. The molecule has 0 aromatic rings. The van der Waals surface area contributed by atoms with Gasteiger partial charge in [-0.3, -0.25) is 6.66 Å². The van der Waals surface area contributed by atoms with Crippen LogP contribution in [0.1, 0.15) is 34.6 Å². The van der Waals surface area contributed by atoms with Gasteiger partial charge in [-0.1, -0.05) is 25.7 Å². The molecule has 2 nitrogen and oxygen atoms in total. The molecule has 97 valence electrons. The second kappa shape index (κ2) is 19.7. The van der Waals surface area contributed by atoms with Crippen LogP contribution in [0.4, 0.5) is 0 Å². The monoisotopic (exact) mass is 511 g/mol. The van der Waals surface area contributed by atoms with E-state index in [1.165, 1.54) is 5.92 Å². The van der Waals surface area contributed by atoms with Gasteiger partial charge in [-0.25, -0.2) is 7.11 Å². The van der Waals surface area contributed by atoms with Crippen LogP contribution in [-0.4, -0.2) is 4.89 Å². The number of hydrogen-bond acceptors (Lipinski definition) is 2. The molecule has 0 aliphatic carbocycles. The van der Waals surface area contributed by atoms with Crippen LogP contribution in [0.2, 0.25) is 0 Å². The van der Waals surface area contributed by atoms with Crippen molar-refractivity contribution in [3.8, 4) is 0 Å². The molecule has 1 atom stereocenters. The van der Waals surface area contributed by atoms with Crippen molar-refractivity contribution in [2.24, 2.45) is 5.92 Å². The molecule has 0 aromatic heterocycles. The normalized spacial score (nSPS) is 11.9. The zero-order valence-electron chi connectivity index (χ0n) is 10.9. The van der Waals surface area contributed by atoms with Crippen molar-refractivity contribution in [1.82, 2.24) is 0 Å². The molecule has 0 amide bonds. The largest absolute Gasteiger partial charge is 2.00 e. The summed E-state index contributed by atoms with van der Waals surface area (Å²) in [6.07, 6.45) is 0. The van der Waals surface area contributed by atoms with Gasteiger partial charge in [-0.15, -0.1) is 0 Å². The second-order valence-corrected chi connectivity index (χ2v) is 6.91. The fourth-order valence-electron chi connectivity index (χ4n) is 0. The van der Waals surface area contributed by atoms with Crippen molar-refractivity contribution < 1.29 is 63.2 Å². The van der Waals surface area contributed by atoms with Crippen molar-refractivity contribution >= 4 is 18.3 Å². The first kappa shape index (κ1) is 31.0. The van der Waals surface area contributed by atoms with Crippen molar-refractivity contribution in [1.29, 1.82) is 0 Å². The molecule has 0 bridgehead atoms. The third kappa shape index (κ3) is 134. The van der Waals surface area contributed by atoms with E-state index in [1.807, 2.05) is 0 Å².